The number of fused-ring (bicyclic) bond motifs is 9. The SMILES string of the molecule is CCCCCCCCCCOc1cc2cc3ccc4ccc5c(n4)c(ccc4ccc6c(n4)c(ccc4ccc(c3n4)c2c(OCCCCCCCCCC)c1OCCCCCCCCCC)cc1cc(OCCCCCCCCCC)c(OCCCCCCCCCC)c(OCCCCCCCCCC)c16)cc1cc(OCCCCCCCCCC)c(OCCCCCCCCCC)c(OCCCCCCCCCC)c15. The highest BCUT2D eigenvalue weighted by molar-refractivity contribution is 6.20. The molecular formula is C135H207N3O9. The van der Waals surface area contributed by atoms with Gasteiger partial charge in [0.1, 0.15) is 0 Å². The number of unbranched alkanes of at least 4 members (excludes halogenated alkanes) is 63. The minimum atomic E-state index is 0.564. The molecule has 0 amide bonds. The highest BCUT2D eigenvalue weighted by Crippen LogP contribution is 2.52. The van der Waals surface area contributed by atoms with Crippen LogP contribution in [0, 0.1) is 0 Å². The van der Waals surface area contributed by atoms with Gasteiger partial charge in [-0.2, -0.15) is 0 Å². The molecule has 0 aliphatic rings. The van der Waals surface area contributed by atoms with Crippen molar-refractivity contribution in [1.29, 1.82) is 0 Å². The minimum absolute atomic E-state index is 0.564. The van der Waals surface area contributed by atoms with Gasteiger partial charge >= 0.3 is 0 Å². The molecule has 0 aliphatic carbocycles. The van der Waals surface area contributed by atoms with Crippen molar-refractivity contribution in [3.63, 3.8) is 0 Å². The fraction of sp³-hybridized carbons (Fsp3) is 0.667. The summed E-state index contributed by atoms with van der Waals surface area (Å²) >= 11 is 0. The van der Waals surface area contributed by atoms with Crippen LogP contribution in [0.2, 0.25) is 0 Å². The fourth-order valence-corrected chi connectivity index (χ4v) is 21.5. The average molecular weight is 2020 g/mol. The third-order valence-electron chi connectivity index (χ3n) is 30.5. The van der Waals surface area contributed by atoms with E-state index in [0.29, 0.717) is 76.7 Å². The van der Waals surface area contributed by atoms with Crippen LogP contribution in [-0.4, -0.2) is 74.4 Å². The highest BCUT2D eigenvalue weighted by Gasteiger charge is 2.27. The zero-order chi connectivity index (χ0) is 103. The molecule has 0 fully saturated rings. The van der Waals surface area contributed by atoms with Crippen LogP contribution in [0.25, 0.3) is 97.7 Å². The van der Waals surface area contributed by atoms with E-state index in [1.807, 2.05) is 0 Å². The van der Waals surface area contributed by atoms with E-state index in [1.165, 1.54) is 347 Å². The summed E-state index contributed by atoms with van der Waals surface area (Å²) in [6, 6.07) is 40.7. The largest absolute Gasteiger partial charge is 0.490 e. The first-order valence-electron chi connectivity index (χ1n) is 62.3. The van der Waals surface area contributed by atoms with E-state index in [9.17, 15) is 0 Å². The van der Waals surface area contributed by atoms with Crippen molar-refractivity contribution < 1.29 is 42.6 Å². The number of hydrogen-bond donors (Lipinski definition) is 0. The molecule has 0 saturated heterocycles. The molecule has 4 heterocycles. The third kappa shape index (κ3) is 43.8. The van der Waals surface area contributed by atoms with E-state index in [2.05, 4.69) is 172 Å². The lowest BCUT2D eigenvalue weighted by molar-refractivity contribution is 0.236. The normalized spacial score (nSPS) is 11.7. The molecule has 6 aromatic carbocycles. The van der Waals surface area contributed by atoms with Gasteiger partial charge in [0, 0.05) is 48.5 Å². The Labute approximate surface area is 894 Å². The molecule has 0 aliphatic heterocycles. The Morgan fingerprint density at radius 3 is 0.469 bits per heavy atom. The van der Waals surface area contributed by atoms with Gasteiger partial charge in [-0.15, -0.1) is 0 Å². The Morgan fingerprint density at radius 2 is 0.293 bits per heavy atom. The lowest BCUT2D eigenvalue weighted by Gasteiger charge is -2.21. The summed E-state index contributed by atoms with van der Waals surface area (Å²) in [6.45, 7) is 26.0. The van der Waals surface area contributed by atoms with Crippen LogP contribution in [-0.2, 0) is 0 Å². The molecule has 12 heteroatoms. The molecule has 0 unspecified atom stereocenters. The maximum absolute atomic E-state index is 7.45. The van der Waals surface area contributed by atoms with E-state index in [0.717, 1.165) is 248 Å². The second-order valence-electron chi connectivity index (χ2n) is 43.6. The molecule has 10 aromatic rings. The summed E-state index contributed by atoms with van der Waals surface area (Å²) in [7, 11) is 0. The van der Waals surface area contributed by atoms with Crippen molar-refractivity contribution in [3.8, 4) is 51.7 Å². The van der Waals surface area contributed by atoms with Crippen LogP contribution in [0.5, 0.6) is 51.7 Å². The molecule has 147 heavy (non-hydrogen) atoms. The van der Waals surface area contributed by atoms with Gasteiger partial charge in [0.05, 0.1) is 92.6 Å². The van der Waals surface area contributed by atoms with E-state index in [1.54, 1.807) is 0 Å². The van der Waals surface area contributed by atoms with Gasteiger partial charge < -0.3 is 42.6 Å². The topological polar surface area (TPSA) is 122 Å². The second kappa shape index (κ2) is 76.3. The van der Waals surface area contributed by atoms with Gasteiger partial charge in [0.2, 0.25) is 17.2 Å². The molecule has 0 saturated carbocycles. The number of rotatable bonds is 90. The average Bonchev–Trinajstić information content (AvgIpc) is 0.789. The predicted molar refractivity (Wildman–Crippen MR) is 637 cm³/mol. The first-order valence-corrected chi connectivity index (χ1v) is 62.3. The van der Waals surface area contributed by atoms with Crippen LogP contribution >= 0.6 is 0 Å². The summed E-state index contributed by atoms with van der Waals surface area (Å²) in [5, 5.41) is 11.9. The molecule has 6 bridgehead atoms. The first kappa shape index (κ1) is 121. The summed E-state index contributed by atoms with van der Waals surface area (Å²) in [6.07, 6.45) is 87.3. The minimum Gasteiger partial charge on any atom is -0.490 e. The van der Waals surface area contributed by atoms with Crippen LogP contribution in [0.1, 0.15) is 525 Å². The number of benzene rings is 6. The number of pyridine rings is 3. The van der Waals surface area contributed by atoms with Crippen molar-refractivity contribution in [2.24, 2.45) is 0 Å². The number of hydrogen-bond acceptors (Lipinski definition) is 12. The predicted octanol–water partition coefficient (Wildman–Crippen LogP) is 43.6. The van der Waals surface area contributed by atoms with E-state index < -0.39 is 0 Å². The summed E-state index contributed by atoms with van der Waals surface area (Å²) in [5.41, 5.74) is 5.02. The fourth-order valence-electron chi connectivity index (χ4n) is 21.5. The number of aromatic nitrogens is 3. The monoisotopic (exact) mass is 2010 g/mol. The van der Waals surface area contributed by atoms with Gasteiger partial charge in [0.15, 0.2) is 34.5 Å². The summed E-state index contributed by atoms with van der Waals surface area (Å²) in [4.78, 5) is 17.7. The Balaban J connectivity index is 1.26. The molecule has 4 aromatic heterocycles. The second-order valence-corrected chi connectivity index (χ2v) is 43.6. The molecule has 12 nitrogen and oxygen atoms in total. The number of ether oxygens (including phenoxy) is 9. The molecule has 0 N–H and O–H groups in total. The van der Waals surface area contributed by atoms with Gasteiger partial charge in [-0.25, -0.2) is 15.0 Å². The van der Waals surface area contributed by atoms with Gasteiger partial charge in [-0.3, -0.25) is 0 Å². The van der Waals surface area contributed by atoms with Crippen molar-refractivity contribution in [3.05, 3.63) is 109 Å². The lowest BCUT2D eigenvalue weighted by Crippen LogP contribution is -2.07. The molecule has 0 spiro atoms. The van der Waals surface area contributed by atoms with Crippen molar-refractivity contribution in [1.82, 2.24) is 15.0 Å². The number of nitrogens with zero attached hydrogens (tertiary/aromatic N) is 3. The Kier molecular flexibility index (Phi) is 62.6. The Bertz CT molecular complexity index is 4810. The van der Waals surface area contributed by atoms with E-state index >= 15 is 0 Å². The van der Waals surface area contributed by atoms with Crippen LogP contribution < -0.4 is 42.6 Å². The summed E-state index contributed by atoms with van der Waals surface area (Å²) in [5.74, 6) is 6.65. The Hall–Kier alpha value is -8.25. The zero-order valence-electron chi connectivity index (χ0n) is 95.2. The van der Waals surface area contributed by atoms with Crippen molar-refractivity contribution in [2.45, 2.75) is 525 Å². The third-order valence-corrected chi connectivity index (χ3v) is 30.5. The smallest absolute Gasteiger partial charge is 0.204 e. The maximum Gasteiger partial charge on any atom is 0.204 e. The van der Waals surface area contributed by atoms with Gasteiger partial charge in [0.25, 0.3) is 0 Å². The zero-order valence-corrected chi connectivity index (χ0v) is 95.2. The molecular weight excluding hydrogens is 1810 g/mol. The quantitative estimate of drug-likeness (QED) is 0.0266. The van der Waals surface area contributed by atoms with Crippen LogP contribution in [0.4, 0.5) is 0 Å². The van der Waals surface area contributed by atoms with Crippen molar-refractivity contribution in [2.75, 3.05) is 59.5 Å². The molecule has 816 valence electrons. The molecule has 0 radical (unpaired) electrons. The van der Waals surface area contributed by atoms with Crippen LogP contribution in [0.15, 0.2) is 109 Å². The van der Waals surface area contributed by atoms with Gasteiger partial charge in [-0.1, -0.05) is 485 Å². The van der Waals surface area contributed by atoms with E-state index in [4.69, 9.17) is 57.6 Å². The first-order chi connectivity index (χ1) is 72.8. The molecule has 10 rings (SSSR count). The van der Waals surface area contributed by atoms with Gasteiger partial charge in [-0.05, 0) is 165 Å². The Morgan fingerprint density at radius 1 is 0.143 bits per heavy atom. The van der Waals surface area contributed by atoms with Crippen LogP contribution in [0.3, 0.4) is 0 Å². The summed E-state index contributed by atoms with van der Waals surface area (Å²) < 4.78 is 65.7. The van der Waals surface area contributed by atoms with E-state index in [-0.39, 0.29) is 0 Å². The molecule has 0 atom stereocenters. The van der Waals surface area contributed by atoms with Crippen molar-refractivity contribution >= 4 is 97.7 Å². The maximum atomic E-state index is 7.45. The standard InChI is InChI=1S/C135H207N3O9/c1-10-19-28-37-46-55-64-73-94-139-121-106-112-103-109-82-85-115-89-92-119-125-114(108-123(141-96-75-66-57-48-39-30-21-12-3)131(143-98-77-68-59-50-41-32-23-14-5)134(125)146-101-80-71-62-53-44-35-26-17-8)105-111(128(119)137-115)84-87-117-90-93-120-126-113(107-122(140-95-74-65-56-47-38-29-20-11-2)132(144-99-78-69-60-51-42-33-24-15-6)135(126)147-102-81-72-63-54-45-36-27-18-9)104-110(129(120)138-117)83-86-116-88-91-118(127(109)136-116)124(112)133(145-100-79-70-61-52-43-34-25-16-7)130(121)142-97-76-67-58-49-40-31-22-13-4/h82-93,103-108H,10-81,94-102H2,1-9H3. The lowest BCUT2D eigenvalue weighted by atomic mass is 9.99. The highest BCUT2D eigenvalue weighted by atomic mass is 16.6.